The average molecular weight is 409 g/mol. The van der Waals surface area contributed by atoms with Gasteiger partial charge in [-0.2, -0.15) is 4.31 Å². The molecule has 2 heterocycles. The Morgan fingerprint density at radius 1 is 0.857 bits per heavy atom. The van der Waals surface area contributed by atoms with Crippen molar-refractivity contribution < 1.29 is 22.4 Å². The topological polar surface area (TPSA) is 78.0 Å². The first-order valence-electron chi connectivity index (χ1n) is 9.73. The van der Waals surface area contributed by atoms with Gasteiger partial charge in [-0.05, 0) is 49.9 Å². The molecule has 0 unspecified atom stereocenters. The molecule has 0 spiro atoms. The molecule has 1 saturated carbocycles. The second-order valence-corrected chi connectivity index (χ2v) is 9.54. The number of amides is 2. The molecular formula is C19H24FN3O4S. The predicted octanol–water partition coefficient (Wildman–Crippen LogP) is 1.06. The van der Waals surface area contributed by atoms with E-state index in [1.165, 1.54) is 16.4 Å². The van der Waals surface area contributed by atoms with Crippen LogP contribution in [0.25, 0.3) is 0 Å². The molecule has 1 aliphatic carbocycles. The largest absolute Gasteiger partial charge is 0.339 e. The smallest absolute Gasteiger partial charge is 0.243 e. The Kier molecular flexibility index (Phi) is 5.13. The van der Waals surface area contributed by atoms with Crippen molar-refractivity contribution >= 4 is 21.8 Å². The van der Waals surface area contributed by atoms with Gasteiger partial charge in [-0.1, -0.05) is 0 Å². The molecular weight excluding hydrogens is 385 g/mol. The summed E-state index contributed by atoms with van der Waals surface area (Å²) in [7, 11) is -3.86. The van der Waals surface area contributed by atoms with Gasteiger partial charge in [0.2, 0.25) is 21.8 Å². The molecule has 0 radical (unpaired) electrons. The van der Waals surface area contributed by atoms with Crippen LogP contribution in [-0.4, -0.2) is 73.1 Å². The SMILES string of the molecule is O=C(C1CC1)N1CCN(C(=O)[C@H]2CCCN2S(=O)(=O)c2ccc(F)cc2)CC1. The lowest BCUT2D eigenvalue weighted by molar-refractivity contribution is -0.142. The van der Waals surface area contributed by atoms with Crippen LogP contribution in [0.3, 0.4) is 0 Å². The third kappa shape index (κ3) is 3.65. The Bertz CT molecular complexity index is 862. The summed E-state index contributed by atoms with van der Waals surface area (Å²) < 4.78 is 40.3. The maximum atomic E-state index is 13.1. The lowest BCUT2D eigenvalue weighted by Gasteiger charge is -2.37. The predicted molar refractivity (Wildman–Crippen MR) is 99.2 cm³/mol. The molecule has 4 rings (SSSR count). The van der Waals surface area contributed by atoms with Crippen molar-refractivity contribution in [1.29, 1.82) is 0 Å². The van der Waals surface area contributed by atoms with Gasteiger partial charge in [0, 0.05) is 38.6 Å². The highest BCUT2D eigenvalue weighted by molar-refractivity contribution is 7.89. The van der Waals surface area contributed by atoms with Gasteiger partial charge in [-0.15, -0.1) is 0 Å². The van der Waals surface area contributed by atoms with Crippen molar-refractivity contribution in [2.45, 2.75) is 36.6 Å². The monoisotopic (exact) mass is 409 g/mol. The van der Waals surface area contributed by atoms with Gasteiger partial charge in [0.25, 0.3) is 0 Å². The minimum atomic E-state index is -3.86. The lowest BCUT2D eigenvalue weighted by atomic mass is 10.2. The quantitative estimate of drug-likeness (QED) is 0.745. The number of benzene rings is 1. The van der Waals surface area contributed by atoms with E-state index in [1.54, 1.807) is 4.90 Å². The van der Waals surface area contributed by atoms with Gasteiger partial charge in [0.05, 0.1) is 4.90 Å². The van der Waals surface area contributed by atoms with E-state index in [4.69, 9.17) is 0 Å². The number of halogens is 1. The van der Waals surface area contributed by atoms with Crippen molar-refractivity contribution in [2.75, 3.05) is 32.7 Å². The molecule has 1 aromatic rings. The molecule has 0 aromatic heterocycles. The summed E-state index contributed by atoms with van der Waals surface area (Å²) >= 11 is 0. The van der Waals surface area contributed by atoms with Crippen molar-refractivity contribution in [3.05, 3.63) is 30.1 Å². The van der Waals surface area contributed by atoms with E-state index in [0.717, 1.165) is 25.0 Å². The summed E-state index contributed by atoms with van der Waals surface area (Å²) in [5.41, 5.74) is 0. The van der Waals surface area contributed by atoms with Crippen LogP contribution in [0.2, 0.25) is 0 Å². The first-order chi connectivity index (χ1) is 13.4. The standard InChI is InChI=1S/C19H24FN3O4S/c20-15-5-7-16(8-6-15)28(26,27)23-9-1-2-17(23)19(25)22-12-10-21(11-13-22)18(24)14-3-4-14/h5-8,14,17H,1-4,9-13H2/t17-/m1/s1. The first-order valence-corrected chi connectivity index (χ1v) is 11.2. The molecule has 9 heteroatoms. The fourth-order valence-corrected chi connectivity index (χ4v) is 5.61. The fourth-order valence-electron chi connectivity index (χ4n) is 3.96. The molecule has 3 aliphatic rings. The van der Waals surface area contributed by atoms with Gasteiger partial charge < -0.3 is 9.80 Å². The number of carbonyl (C=O) groups excluding carboxylic acids is 2. The summed E-state index contributed by atoms with van der Waals surface area (Å²) in [5, 5.41) is 0. The van der Waals surface area contributed by atoms with E-state index in [2.05, 4.69) is 0 Å². The Morgan fingerprint density at radius 3 is 2.00 bits per heavy atom. The molecule has 2 aliphatic heterocycles. The second-order valence-electron chi connectivity index (χ2n) is 7.65. The maximum Gasteiger partial charge on any atom is 0.243 e. The van der Waals surface area contributed by atoms with Crippen LogP contribution in [0.5, 0.6) is 0 Å². The summed E-state index contributed by atoms with van der Waals surface area (Å²) in [6.45, 7) is 2.13. The van der Waals surface area contributed by atoms with Gasteiger partial charge in [-0.25, -0.2) is 12.8 Å². The molecule has 28 heavy (non-hydrogen) atoms. The lowest BCUT2D eigenvalue weighted by Crippen LogP contribution is -2.55. The average Bonchev–Trinajstić information content (AvgIpc) is 3.43. The number of hydrogen-bond acceptors (Lipinski definition) is 4. The van der Waals surface area contributed by atoms with E-state index in [9.17, 15) is 22.4 Å². The second kappa shape index (κ2) is 7.44. The summed E-state index contributed by atoms with van der Waals surface area (Å²) in [6, 6.07) is 3.94. The molecule has 1 aromatic carbocycles. The Morgan fingerprint density at radius 2 is 1.43 bits per heavy atom. The molecule has 152 valence electrons. The molecule has 0 N–H and O–H groups in total. The van der Waals surface area contributed by atoms with E-state index < -0.39 is 21.9 Å². The third-order valence-corrected chi connectivity index (χ3v) is 7.66. The van der Waals surface area contributed by atoms with Crippen LogP contribution in [0.1, 0.15) is 25.7 Å². The molecule has 3 fully saturated rings. The van der Waals surface area contributed by atoms with Crippen LogP contribution in [-0.2, 0) is 19.6 Å². The zero-order valence-corrected chi connectivity index (χ0v) is 16.4. The number of sulfonamides is 1. The zero-order chi connectivity index (χ0) is 19.9. The van der Waals surface area contributed by atoms with Gasteiger partial charge >= 0.3 is 0 Å². The van der Waals surface area contributed by atoms with Crippen molar-refractivity contribution in [2.24, 2.45) is 5.92 Å². The molecule has 2 saturated heterocycles. The highest BCUT2D eigenvalue weighted by Gasteiger charge is 2.42. The Labute approximate surface area is 164 Å². The van der Waals surface area contributed by atoms with Gasteiger partial charge in [0.15, 0.2) is 0 Å². The van der Waals surface area contributed by atoms with Crippen molar-refractivity contribution in [1.82, 2.24) is 14.1 Å². The highest BCUT2D eigenvalue weighted by Crippen LogP contribution is 2.32. The number of nitrogens with zero attached hydrogens (tertiary/aromatic N) is 3. The van der Waals surface area contributed by atoms with E-state index in [0.29, 0.717) is 39.0 Å². The van der Waals surface area contributed by atoms with Crippen LogP contribution >= 0.6 is 0 Å². The number of hydrogen-bond donors (Lipinski definition) is 0. The summed E-state index contributed by atoms with van der Waals surface area (Å²) in [5.74, 6) is -0.379. The van der Waals surface area contributed by atoms with E-state index >= 15 is 0 Å². The van der Waals surface area contributed by atoms with Crippen molar-refractivity contribution in [3.63, 3.8) is 0 Å². The van der Waals surface area contributed by atoms with Crippen LogP contribution in [0.4, 0.5) is 4.39 Å². The minimum Gasteiger partial charge on any atom is -0.339 e. The van der Waals surface area contributed by atoms with E-state index in [-0.39, 0.29) is 29.2 Å². The number of carbonyl (C=O) groups is 2. The highest BCUT2D eigenvalue weighted by atomic mass is 32.2. The fraction of sp³-hybridized carbons (Fsp3) is 0.579. The maximum absolute atomic E-state index is 13.1. The summed E-state index contributed by atoms with van der Waals surface area (Å²) in [6.07, 6.45) is 2.99. The number of piperazine rings is 1. The van der Waals surface area contributed by atoms with Crippen molar-refractivity contribution in [3.8, 4) is 0 Å². The zero-order valence-electron chi connectivity index (χ0n) is 15.6. The van der Waals surface area contributed by atoms with E-state index in [1.807, 2.05) is 4.90 Å². The minimum absolute atomic E-state index is 0.00607. The molecule has 0 bridgehead atoms. The molecule has 2 amide bonds. The van der Waals surface area contributed by atoms with Crippen LogP contribution in [0, 0.1) is 11.7 Å². The summed E-state index contributed by atoms with van der Waals surface area (Å²) in [4.78, 5) is 28.7. The first kappa shape index (κ1) is 19.3. The number of rotatable bonds is 4. The van der Waals surface area contributed by atoms with Crippen LogP contribution < -0.4 is 0 Å². The van der Waals surface area contributed by atoms with Gasteiger partial charge in [0.1, 0.15) is 11.9 Å². The van der Waals surface area contributed by atoms with Crippen LogP contribution in [0.15, 0.2) is 29.2 Å². The third-order valence-electron chi connectivity index (χ3n) is 5.74. The van der Waals surface area contributed by atoms with Gasteiger partial charge in [-0.3, -0.25) is 9.59 Å². The normalized spacial score (nSPS) is 23.8. The molecule has 1 atom stereocenters. The molecule has 7 nitrogen and oxygen atoms in total. The Hall–Kier alpha value is -2.00. The Balaban J connectivity index is 1.43.